The Kier molecular flexibility index (Phi) is 3.40. The SMILES string of the molecule is CCn1nc(C)c(/C=C/c2nc3ccccc3s2)c1C. The van der Waals surface area contributed by atoms with Crippen LogP contribution in [0.25, 0.3) is 22.4 Å². The van der Waals surface area contributed by atoms with E-state index in [4.69, 9.17) is 0 Å². The Bertz CT molecular complexity index is 747. The van der Waals surface area contributed by atoms with Crippen molar-refractivity contribution in [3.8, 4) is 0 Å². The van der Waals surface area contributed by atoms with Gasteiger partial charge < -0.3 is 0 Å². The lowest BCUT2D eigenvalue weighted by molar-refractivity contribution is 0.634. The first kappa shape index (κ1) is 13.1. The van der Waals surface area contributed by atoms with Crippen molar-refractivity contribution >= 4 is 33.7 Å². The molecule has 2 aromatic heterocycles. The van der Waals surface area contributed by atoms with Crippen LogP contribution in [0.3, 0.4) is 0 Å². The second-order valence-corrected chi connectivity index (χ2v) is 5.82. The summed E-state index contributed by atoms with van der Waals surface area (Å²) in [7, 11) is 0. The van der Waals surface area contributed by atoms with E-state index in [0.717, 1.165) is 22.8 Å². The number of aromatic nitrogens is 3. The number of thiazole rings is 1. The number of benzene rings is 1. The minimum atomic E-state index is 0.904. The molecule has 4 heteroatoms. The Morgan fingerprint density at radius 3 is 2.70 bits per heavy atom. The molecule has 3 aromatic rings. The van der Waals surface area contributed by atoms with Crippen molar-refractivity contribution < 1.29 is 0 Å². The predicted octanol–water partition coefficient (Wildman–Crippen LogP) is 4.30. The third kappa shape index (κ3) is 2.27. The van der Waals surface area contributed by atoms with Crippen molar-refractivity contribution in [2.45, 2.75) is 27.3 Å². The van der Waals surface area contributed by atoms with Crippen LogP contribution in [0.2, 0.25) is 0 Å². The Labute approximate surface area is 122 Å². The van der Waals surface area contributed by atoms with Gasteiger partial charge in [-0.2, -0.15) is 5.10 Å². The van der Waals surface area contributed by atoms with Crippen molar-refractivity contribution in [1.82, 2.24) is 14.8 Å². The van der Waals surface area contributed by atoms with Crippen LogP contribution in [-0.4, -0.2) is 14.8 Å². The third-order valence-electron chi connectivity index (χ3n) is 3.44. The van der Waals surface area contributed by atoms with Crippen molar-refractivity contribution in [3.63, 3.8) is 0 Å². The number of nitrogens with zero attached hydrogens (tertiary/aromatic N) is 3. The van der Waals surface area contributed by atoms with Gasteiger partial charge in [0.1, 0.15) is 5.01 Å². The molecule has 0 fully saturated rings. The van der Waals surface area contributed by atoms with E-state index < -0.39 is 0 Å². The minimum absolute atomic E-state index is 0.904. The van der Waals surface area contributed by atoms with Crippen LogP contribution < -0.4 is 0 Å². The molecule has 20 heavy (non-hydrogen) atoms. The van der Waals surface area contributed by atoms with Crippen LogP contribution in [0.15, 0.2) is 24.3 Å². The maximum absolute atomic E-state index is 4.62. The maximum Gasteiger partial charge on any atom is 0.117 e. The van der Waals surface area contributed by atoms with Crippen molar-refractivity contribution in [2.75, 3.05) is 0 Å². The average molecular weight is 283 g/mol. The molecule has 0 atom stereocenters. The van der Waals surface area contributed by atoms with Gasteiger partial charge in [0.25, 0.3) is 0 Å². The van der Waals surface area contributed by atoms with E-state index >= 15 is 0 Å². The summed E-state index contributed by atoms with van der Waals surface area (Å²) >= 11 is 1.72. The first-order valence-corrected chi connectivity index (χ1v) is 7.58. The molecule has 0 radical (unpaired) electrons. The Morgan fingerprint density at radius 1 is 1.20 bits per heavy atom. The third-order valence-corrected chi connectivity index (χ3v) is 4.44. The van der Waals surface area contributed by atoms with E-state index in [1.807, 2.05) is 16.8 Å². The summed E-state index contributed by atoms with van der Waals surface area (Å²) in [6, 6.07) is 8.23. The zero-order valence-electron chi connectivity index (χ0n) is 11.9. The first-order valence-electron chi connectivity index (χ1n) is 6.76. The van der Waals surface area contributed by atoms with Crippen LogP contribution >= 0.6 is 11.3 Å². The van der Waals surface area contributed by atoms with Crippen molar-refractivity contribution in [2.24, 2.45) is 0 Å². The Hall–Kier alpha value is -1.94. The largest absolute Gasteiger partial charge is 0.269 e. The fourth-order valence-corrected chi connectivity index (χ4v) is 3.25. The summed E-state index contributed by atoms with van der Waals surface area (Å²) in [6.45, 7) is 7.18. The van der Waals surface area contributed by atoms with Gasteiger partial charge in [0.05, 0.1) is 15.9 Å². The van der Waals surface area contributed by atoms with Gasteiger partial charge in [-0.05, 0) is 45.1 Å². The second kappa shape index (κ2) is 5.21. The van der Waals surface area contributed by atoms with E-state index in [0.29, 0.717) is 0 Å². The summed E-state index contributed by atoms with van der Waals surface area (Å²) in [5.41, 5.74) is 4.55. The lowest BCUT2D eigenvalue weighted by Crippen LogP contribution is -1.98. The highest BCUT2D eigenvalue weighted by Crippen LogP contribution is 2.24. The van der Waals surface area contributed by atoms with Gasteiger partial charge in [0.2, 0.25) is 0 Å². The predicted molar refractivity (Wildman–Crippen MR) is 85.9 cm³/mol. The van der Waals surface area contributed by atoms with Gasteiger partial charge in [-0.25, -0.2) is 4.98 Å². The molecule has 102 valence electrons. The van der Waals surface area contributed by atoms with Gasteiger partial charge >= 0.3 is 0 Å². The van der Waals surface area contributed by atoms with E-state index in [1.165, 1.54) is 16.0 Å². The molecular weight excluding hydrogens is 266 g/mol. The quantitative estimate of drug-likeness (QED) is 0.717. The zero-order valence-corrected chi connectivity index (χ0v) is 12.7. The molecule has 0 aliphatic heterocycles. The van der Waals surface area contributed by atoms with E-state index in [1.54, 1.807) is 11.3 Å². The first-order chi connectivity index (χ1) is 9.69. The number of hydrogen-bond acceptors (Lipinski definition) is 3. The van der Waals surface area contributed by atoms with Crippen LogP contribution in [0.5, 0.6) is 0 Å². The normalized spacial score (nSPS) is 11.8. The molecule has 3 rings (SSSR count). The number of hydrogen-bond donors (Lipinski definition) is 0. The molecule has 1 aromatic carbocycles. The molecule has 2 heterocycles. The molecule has 0 aliphatic carbocycles. The van der Waals surface area contributed by atoms with Gasteiger partial charge in [0.15, 0.2) is 0 Å². The molecule has 0 saturated carbocycles. The Balaban J connectivity index is 1.96. The van der Waals surface area contributed by atoms with E-state index in [2.05, 4.69) is 55.1 Å². The lowest BCUT2D eigenvalue weighted by Gasteiger charge is -1.98. The molecule has 0 unspecified atom stereocenters. The number of fused-ring (bicyclic) bond motifs is 1. The second-order valence-electron chi connectivity index (χ2n) is 4.75. The lowest BCUT2D eigenvalue weighted by atomic mass is 10.2. The van der Waals surface area contributed by atoms with Gasteiger partial charge in [-0.3, -0.25) is 4.68 Å². The summed E-state index contributed by atoms with van der Waals surface area (Å²) in [6.07, 6.45) is 4.21. The zero-order chi connectivity index (χ0) is 14.1. The van der Waals surface area contributed by atoms with Gasteiger partial charge in [-0.1, -0.05) is 12.1 Å². The number of aryl methyl sites for hydroxylation is 2. The fraction of sp³-hybridized carbons (Fsp3) is 0.250. The van der Waals surface area contributed by atoms with Crippen LogP contribution in [-0.2, 0) is 6.54 Å². The van der Waals surface area contributed by atoms with Crippen LogP contribution in [0.1, 0.15) is 28.9 Å². The highest BCUT2D eigenvalue weighted by molar-refractivity contribution is 7.19. The van der Waals surface area contributed by atoms with E-state index in [-0.39, 0.29) is 0 Å². The number of rotatable bonds is 3. The monoisotopic (exact) mass is 283 g/mol. The standard InChI is InChI=1S/C16H17N3S/c1-4-19-12(3)13(11(2)18-19)9-10-16-17-14-7-5-6-8-15(14)20-16/h5-10H,4H2,1-3H3/b10-9+. The molecular formula is C16H17N3S. The van der Waals surface area contributed by atoms with Crippen LogP contribution in [0.4, 0.5) is 0 Å². The smallest absolute Gasteiger partial charge is 0.117 e. The number of para-hydroxylation sites is 1. The molecule has 3 nitrogen and oxygen atoms in total. The van der Waals surface area contributed by atoms with Crippen molar-refractivity contribution in [1.29, 1.82) is 0 Å². The minimum Gasteiger partial charge on any atom is -0.269 e. The molecule has 0 bridgehead atoms. The van der Waals surface area contributed by atoms with Gasteiger partial charge in [0, 0.05) is 17.8 Å². The Morgan fingerprint density at radius 2 is 2.00 bits per heavy atom. The molecule has 0 aliphatic rings. The summed E-state index contributed by atoms with van der Waals surface area (Å²) < 4.78 is 3.26. The van der Waals surface area contributed by atoms with Crippen molar-refractivity contribution in [3.05, 3.63) is 46.2 Å². The molecule has 0 saturated heterocycles. The average Bonchev–Trinajstić information content (AvgIpc) is 2.98. The van der Waals surface area contributed by atoms with Gasteiger partial charge in [-0.15, -0.1) is 11.3 Å². The maximum atomic E-state index is 4.62. The summed E-state index contributed by atoms with van der Waals surface area (Å²) in [5.74, 6) is 0. The van der Waals surface area contributed by atoms with Crippen LogP contribution in [0, 0.1) is 13.8 Å². The molecule has 0 amide bonds. The topological polar surface area (TPSA) is 30.7 Å². The molecule has 0 spiro atoms. The summed E-state index contributed by atoms with van der Waals surface area (Å²) in [4.78, 5) is 4.62. The summed E-state index contributed by atoms with van der Waals surface area (Å²) in [5, 5.41) is 5.57. The highest BCUT2D eigenvalue weighted by Gasteiger charge is 2.07. The fourth-order valence-electron chi connectivity index (χ4n) is 2.38. The molecule has 0 N–H and O–H groups in total. The highest BCUT2D eigenvalue weighted by atomic mass is 32.1. The van der Waals surface area contributed by atoms with E-state index in [9.17, 15) is 0 Å².